The van der Waals surface area contributed by atoms with Gasteiger partial charge in [-0.15, -0.1) is 0 Å². The zero-order chi connectivity index (χ0) is 22.8. The van der Waals surface area contributed by atoms with E-state index in [9.17, 15) is 13.2 Å². The topological polar surface area (TPSA) is 87.0 Å². The van der Waals surface area contributed by atoms with Crippen LogP contribution in [0.2, 0.25) is 5.02 Å². The molecule has 0 N–H and O–H groups in total. The molecule has 1 amide bonds. The van der Waals surface area contributed by atoms with Gasteiger partial charge in [-0.2, -0.15) is 4.99 Å². The summed E-state index contributed by atoms with van der Waals surface area (Å²) in [6, 6.07) is 11.6. The number of rotatable bonds is 7. The van der Waals surface area contributed by atoms with Crippen molar-refractivity contribution in [1.29, 1.82) is 0 Å². The summed E-state index contributed by atoms with van der Waals surface area (Å²) in [5.74, 6) is 0.0304. The number of carbonyl (C=O) groups excluding carboxylic acids is 1. The minimum absolute atomic E-state index is 0.212. The second-order valence-electron chi connectivity index (χ2n) is 7.41. The molecule has 0 bridgehead atoms. The van der Waals surface area contributed by atoms with Crippen LogP contribution in [0, 0.1) is 0 Å². The van der Waals surface area contributed by atoms with Crippen molar-refractivity contribution in [3.63, 3.8) is 0 Å². The van der Waals surface area contributed by atoms with Crippen LogP contribution in [0.25, 0.3) is 10.2 Å². The van der Waals surface area contributed by atoms with Gasteiger partial charge in [-0.1, -0.05) is 22.9 Å². The van der Waals surface area contributed by atoms with E-state index < -0.39 is 21.3 Å². The molecule has 0 fully saturated rings. The molecule has 10 heteroatoms. The van der Waals surface area contributed by atoms with Crippen molar-refractivity contribution in [2.45, 2.75) is 30.9 Å². The van der Waals surface area contributed by atoms with Gasteiger partial charge in [-0.25, -0.2) is 8.42 Å². The summed E-state index contributed by atoms with van der Waals surface area (Å²) in [5, 5.41) is 0.569. The number of carbonyl (C=O) groups is 1. The molecule has 0 aliphatic carbocycles. The van der Waals surface area contributed by atoms with Crippen molar-refractivity contribution in [2.75, 3.05) is 20.0 Å². The third kappa shape index (κ3) is 5.54. The summed E-state index contributed by atoms with van der Waals surface area (Å²) in [6.45, 7) is 4.15. The number of benzene rings is 2. The lowest BCUT2D eigenvalue weighted by Gasteiger charge is -2.22. The van der Waals surface area contributed by atoms with Gasteiger partial charge in [-0.05, 0) is 56.3 Å². The molecule has 0 saturated heterocycles. The van der Waals surface area contributed by atoms with Crippen LogP contribution in [0.5, 0.6) is 5.75 Å². The number of aromatic nitrogens is 1. The lowest BCUT2D eigenvalue weighted by Crippen LogP contribution is -2.38. The first kappa shape index (κ1) is 23.5. The van der Waals surface area contributed by atoms with E-state index in [-0.39, 0.29) is 4.90 Å². The maximum atomic E-state index is 13.0. The van der Waals surface area contributed by atoms with Crippen molar-refractivity contribution in [1.82, 2.24) is 4.57 Å². The van der Waals surface area contributed by atoms with Crippen LogP contribution in [0.4, 0.5) is 0 Å². The first-order valence-corrected chi connectivity index (χ1v) is 12.5. The number of hydrogen-bond acceptors (Lipinski definition) is 6. The van der Waals surface area contributed by atoms with Crippen molar-refractivity contribution >= 4 is 48.9 Å². The number of sulfone groups is 1. The summed E-state index contributed by atoms with van der Waals surface area (Å²) < 4.78 is 37.4. The lowest BCUT2D eigenvalue weighted by molar-refractivity contribution is -0.130. The molecule has 3 aromatic rings. The minimum Gasteiger partial charge on any atom is -0.478 e. The molecule has 31 heavy (non-hydrogen) atoms. The maximum absolute atomic E-state index is 13.0. The van der Waals surface area contributed by atoms with Crippen LogP contribution < -0.4 is 9.54 Å². The molecule has 3 rings (SSSR count). The first-order valence-electron chi connectivity index (χ1n) is 9.37. The zero-order valence-electron chi connectivity index (χ0n) is 17.6. The molecule has 1 heterocycles. The summed E-state index contributed by atoms with van der Waals surface area (Å²) in [5.41, 5.74) is -0.446. The van der Waals surface area contributed by atoms with E-state index in [0.29, 0.717) is 33.4 Å². The van der Waals surface area contributed by atoms with E-state index in [0.717, 1.165) is 11.8 Å². The fourth-order valence-electron chi connectivity index (χ4n) is 2.83. The highest BCUT2D eigenvalue weighted by Gasteiger charge is 2.30. The van der Waals surface area contributed by atoms with Crippen molar-refractivity contribution in [3.05, 3.63) is 52.3 Å². The van der Waals surface area contributed by atoms with Crippen LogP contribution in [0.15, 0.2) is 52.4 Å². The van der Waals surface area contributed by atoms with Gasteiger partial charge in [-0.3, -0.25) is 4.79 Å². The highest BCUT2D eigenvalue weighted by atomic mass is 35.5. The Morgan fingerprint density at radius 3 is 2.48 bits per heavy atom. The number of nitrogens with zero attached hydrogens (tertiary/aromatic N) is 2. The molecule has 2 aromatic carbocycles. The SMILES string of the molecule is COCCn1c(=NC(=O)C(C)(C)Oc2ccc(Cl)cc2)sc2cc(S(C)(=O)=O)ccc21. The molecule has 0 aliphatic rings. The van der Waals surface area contributed by atoms with Crippen molar-refractivity contribution < 1.29 is 22.7 Å². The van der Waals surface area contributed by atoms with Crippen LogP contribution in [-0.2, 0) is 25.9 Å². The highest BCUT2D eigenvalue weighted by molar-refractivity contribution is 7.90. The minimum atomic E-state index is -3.35. The van der Waals surface area contributed by atoms with E-state index in [1.54, 1.807) is 63.4 Å². The number of ether oxygens (including phenoxy) is 2. The quantitative estimate of drug-likeness (QED) is 0.512. The van der Waals surface area contributed by atoms with Crippen LogP contribution in [0.1, 0.15) is 13.8 Å². The lowest BCUT2D eigenvalue weighted by atomic mass is 10.1. The predicted molar refractivity (Wildman–Crippen MR) is 122 cm³/mol. The average Bonchev–Trinajstić information content (AvgIpc) is 3.03. The summed E-state index contributed by atoms with van der Waals surface area (Å²) in [7, 11) is -1.77. The molecule has 166 valence electrons. The number of halogens is 1. The largest absolute Gasteiger partial charge is 0.478 e. The van der Waals surface area contributed by atoms with Gasteiger partial charge in [0, 0.05) is 24.9 Å². The van der Waals surface area contributed by atoms with Crippen molar-refractivity contribution in [2.24, 2.45) is 4.99 Å². The smallest absolute Gasteiger partial charge is 0.291 e. The van der Waals surface area contributed by atoms with Gasteiger partial charge in [0.1, 0.15) is 5.75 Å². The monoisotopic (exact) mass is 482 g/mol. The Hall–Kier alpha value is -2.20. The first-order chi connectivity index (χ1) is 14.5. The normalized spacial score (nSPS) is 13.0. The fourth-order valence-corrected chi connectivity index (χ4v) is 4.77. The van der Waals surface area contributed by atoms with Gasteiger partial charge in [0.15, 0.2) is 20.2 Å². The Labute approximate surface area is 189 Å². The predicted octanol–water partition coefficient (Wildman–Crippen LogP) is 3.69. The molecular formula is C21H23ClN2O5S2. The van der Waals surface area contributed by atoms with E-state index in [1.807, 2.05) is 4.57 Å². The van der Waals surface area contributed by atoms with Crippen LogP contribution >= 0.6 is 22.9 Å². The number of fused-ring (bicyclic) bond motifs is 1. The van der Waals surface area contributed by atoms with Crippen LogP contribution in [0.3, 0.4) is 0 Å². The standard InChI is InChI=1S/C21H23ClN2O5S2/c1-21(2,29-15-7-5-14(22)6-8-15)19(25)23-20-24(11-12-28-3)17-10-9-16(31(4,26)27)13-18(17)30-20/h5-10,13H,11-12H2,1-4H3. The summed E-state index contributed by atoms with van der Waals surface area (Å²) in [4.78, 5) is 17.9. The Morgan fingerprint density at radius 2 is 1.87 bits per heavy atom. The Morgan fingerprint density at radius 1 is 1.19 bits per heavy atom. The third-order valence-corrected chi connectivity index (χ3v) is 6.90. The van der Waals surface area contributed by atoms with Gasteiger partial charge < -0.3 is 14.0 Å². The number of methoxy groups -OCH3 is 1. The second-order valence-corrected chi connectivity index (χ2v) is 10.9. The Bertz CT molecular complexity index is 1280. The van der Waals surface area contributed by atoms with E-state index in [1.165, 1.54) is 11.3 Å². The molecule has 0 saturated carbocycles. The second kappa shape index (κ2) is 9.12. The van der Waals surface area contributed by atoms with E-state index in [2.05, 4.69) is 4.99 Å². The number of thiazole rings is 1. The molecule has 0 atom stereocenters. The molecule has 0 unspecified atom stereocenters. The van der Waals surface area contributed by atoms with Gasteiger partial charge >= 0.3 is 0 Å². The van der Waals surface area contributed by atoms with Gasteiger partial charge in [0.25, 0.3) is 5.91 Å². The Balaban J connectivity index is 2.03. The molecule has 7 nitrogen and oxygen atoms in total. The van der Waals surface area contributed by atoms with Gasteiger partial charge in [0.05, 0.1) is 21.7 Å². The third-order valence-electron chi connectivity index (χ3n) is 4.50. The zero-order valence-corrected chi connectivity index (χ0v) is 20.0. The highest BCUT2D eigenvalue weighted by Crippen LogP contribution is 2.24. The van der Waals surface area contributed by atoms with Crippen LogP contribution in [-0.4, -0.2) is 44.5 Å². The molecule has 0 radical (unpaired) electrons. The molecular weight excluding hydrogens is 460 g/mol. The van der Waals surface area contributed by atoms with Gasteiger partial charge in [0.2, 0.25) is 0 Å². The van der Waals surface area contributed by atoms with E-state index >= 15 is 0 Å². The van der Waals surface area contributed by atoms with Crippen molar-refractivity contribution in [3.8, 4) is 5.75 Å². The molecule has 0 aliphatic heterocycles. The number of amides is 1. The summed E-state index contributed by atoms with van der Waals surface area (Å²) in [6.07, 6.45) is 1.16. The fraction of sp³-hybridized carbons (Fsp3) is 0.333. The molecule has 1 aromatic heterocycles. The molecule has 0 spiro atoms. The average molecular weight is 483 g/mol. The maximum Gasteiger partial charge on any atom is 0.291 e. The number of hydrogen-bond donors (Lipinski definition) is 0. The van der Waals surface area contributed by atoms with E-state index in [4.69, 9.17) is 21.1 Å². The Kier molecular flexibility index (Phi) is 6.90. The summed E-state index contributed by atoms with van der Waals surface area (Å²) >= 11 is 7.14.